The number of nitrogens with zero attached hydrogens (tertiary/aromatic N) is 1. The minimum Gasteiger partial charge on any atom is -0.371 e. The molecule has 1 aliphatic carbocycles. The zero-order valence-corrected chi connectivity index (χ0v) is 13.5. The fraction of sp³-hybridized carbons (Fsp3) is 0.647. The summed E-state index contributed by atoms with van der Waals surface area (Å²) < 4.78 is 0. The van der Waals surface area contributed by atoms with Gasteiger partial charge in [-0.1, -0.05) is 43.9 Å². The van der Waals surface area contributed by atoms with E-state index in [9.17, 15) is 0 Å². The van der Waals surface area contributed by atoms with E-state index >= 15 is 0 Å². The zero-order chi connectivity index (χ0) is 14.5. The van der Waals surface area contributed by atoms with Gasteiger partial charge in [0.2, 0.25) is 0 Å². The molecule has 112 valence electrons. The highest BCUT2D eigenvalue weighted by Gasteiger charge is 2.21. The van der Waals surface area contributed by atoms with Gasteiger partial charge in [0.1, 0.15) is 0 Å². The van der Waals surface area contributed by atoms with Crippen LogP contribution in [0.15, 0.2) is 18.2 Å². The smallest absolute Gasteiger partial charge is 0.0459 e. The largest absolute Gasteiger partial charge is 0.371 e. The first-order chi connectivity index (χ1) is 9.63. The molecular formula is C17H27ClN2. The standard InChI is InChI=1S/C17H27ClN2/c1-3-13(19)12-15-16(18)10-7-11-17(15)20(2)14-8-5-4-6-9-14/h7,10-11,13-14H,3-6,8-9,12,19H2,1-2H3. The van der Waals surface area contributed by atoms with E-state index in [1.165, 1.54) is 43.4 Å². The number of halogens is 1. The van der Waals surface area contributed by atoms with E-state index in [1.807, 2.05) is 6.07 Å². The summed E-state index contributed by atoms with van der Waals surface area (Å²) >= 11 is 6.43. The Bertz CT molecular complexity index is 427. The number of benzene rings is 1. The molecule has 0 aliphatic heterocycles. The monoisotopic (exact) mass is 294 g/mol. The molecule has 0 saturated heterocycles. The molecule has 2 nitrogen and oxygen atoms in total. The third-order valence-electron chi connectivity index (χ3n) is 4.59. The molecule has 0 heterocycles. The molecule has 1 unspecified atom stereocenters. The molecular weight excluding hydrogens is 268 g/mol. The second kappa shape index (κ2) is 7.33. The molecule has 0 bridgehead atoms. The summed E-state index contributed by atoms with van der Waals surface area (Å²) in [4.78, 5) is 2.43. The normalized spacial score (nSPS) is 18.0. The van der Waals surface area contributed by atoms with Gasteiger partial charge in [0, 0.05) is 29.8 Å². The van der Waals surface area contributed by atoms with Crippen LogP contribution < -0.4 is 10.6 Å². The van der Waals surface area contributed by atoms with Crippen molar-refractivity contribution in [2.45, 2.75) is 64.0 Å². The van der Waals surface area contributed by atoms with Crippen molar-refractivity contribution in [2.24, 2.45) is 5.73 Å². The SMILES string of the molecule is CCC(N)Cc1c(Cl)cccc1N(C)C1CCCCC1. The summed E-state index contributed by atoms with van der Waals surface area (Å²) in [6.45, 7) is 2.13. The summed E-state index contributed by atoms with van der Waals surface area (Å²) in [6, 6.07) is 7.07. The first-order valence-corrected chi connectivity index (χ1v) is 8.27. The highest BCUT2D eigenvalue weighted by molar-refractivity contribution is 6.31. The number of hydrogen-bond donors (Lipinski definition) is 1. The van der Waals surface area contributed by atoms with Gasteiger partial charge >= 0.3 is 0 Å². The van der Waals surface area contributed by atoms with Crippen LogP contribution in [-0.2, 0) is 6.42 Å². The van der Waals surface area contributed by atoms with Crippen LogP contribution >= 0.6 is 11.6 Å². The lowest BCUT2D eigenvalue weighted by Gasteiger charge is -2.34. The van der Waals surface area contributed by atoms with Gasteiger partial charge in [0.05, 0.1) is 0 Å². The summed E-state index contributed by atoms with van der Waals surface area (Å²) in [5, 5.41) is 0.856. The fourth-order valence-electron chi connectivity index (χ4n) is 3.15. The minimum atomic E-state index is 0.188. The Balaban J connectivity index is 2.22. The molecule has 0 radical (unpaired) electrons. The van der Waals surface area contributed by atoms with Gasteiger partial charge in [-0.3, -0.25) is 0 Å². The van der Waals surface area contributed by atoms with E-state index in [0.717, 1.165) is 17.9 Å². The predicted molar refractivity (Wildman–Crippen MR) is 88.7 cm³/mol. The maximum atomic E-state index is 6.43. The minimum absolute atomic E-state index is 0.188. The summed E-state index contributed by atoms with van der Waals surface area (Å²) in [6.07, 6.45) is 8.51. The Labute approximate surface area is 128 Å². The van der Waals surface area contributed by atoms with Crippen LogP contribution in [0, 0.1) is 0 Å². The average molecular weight is 295 g/mol. The number of anilines is 1. The molecule has 2 rings (SSSR count). The van der Waals surface area contributed by atoms with E-state index in [-0.39, 0.29) is 6.04 Å². The maximum absolute atomic E-state index is 6.43. The Morgan fingerprint density at radius 2 is 2.00 bits per heavy atom. The Kier molecular flexibility index (Phi) is 5.74. The molecule has 0 amide bonds. The van der Waals surface area contributed by atoms with Crippen molar-refractivity contribution in [3.63, 3.8) is 0 Å². The van der Waals surface area contributed by atoms with Crippen molar-refractivity contribution in [3.05, 3.63) is 28.8 Å². The molecule has 0 spiro atoms. The van der Waals surface area contributed by atoms with E-state index < -0.39 is 0 Å². The van der Waals surface area contributed by atoms with E-state index in [0.29, 0.717) is 6.04 Å². The summed E-state index contributed by atoms with van der Waals surface area (Å²) in [5.41, 5.74) is 8.63. The van der Waals surface area contributed by atoms with Gasteiger partial charge in [0.15, 0.2) is 0 Å². The molecule has 20 heavy (non-hydrogen) atoms. The first kappa shape index (κ1) is 15.7. The third-order valence-corrected chi connectivity index (χ3v) is 4.94. The highest BCUT2D eigenvalue weighted by Crippen LogP contribution is 2.32. The summed E-state index contributed by atoms with van der Waals surface area (Å²) in [7, 11) is 2.21. The van der Waals surface area contributed by atoms with Crippen molar-refractivity contribution in [1.82, 2.24) is 0 Å². The van der Waals surface area contributed by atoms with Gasteiger partial charge in [0.25, 0.3) is 0 Å². The van der Waals surface area contributed by atoms with Crippen LogP contribution in [0.4, 0.5) is 5.69 Å². The highest BCUT2D eigenvalue weighted by atomic mass is 35.5. The van der Waals surface area contributed by atoms with Gasteiger partial charge in [-0.15, -0.1) is 0 Å². The van der Waals surface area contributed by atoms with Crippen LogP contribution in [0.5, 0.6) is 0 Å². The quantitative estimate of drug-likeness (QED) is 0.873. The molecule has 1 atom stereocenters. The van der Waals surface area contributed by atoms with Crippen molar-refractivity contribution >= 4 is 17.3 Å². The average Bonchev–Trinajstić information content (AvgIpc) is 2.49. The Hall–Kier alpha value is -0.730. The van der Waals surface area contributed by atoms with Crippen LogP contribution in [0.3, 0.4) is 0 Å². The Morgan fingerprint density at radius 1 is 1.30 bits per heavy atom. The molecule has 1 aliphatic rings. The molecule has 2 N–H and O–H groups in total. The van der Waals surface area contributed by atoms with Crippen LogP contribution in [0.1, 0.15) is 51.0 Å². The van der Waals surface area contributed by atoms with Gasteiger partial charge in [-0.2, -0.15) is 0 Å². The van der Waals surface area contributed by atoms with Crippen LogP contribution in [-0.4, -0.2) is 19.1 Å². The molecule has 1 aromatic carbocycles. The lowest BCUT2D eigenvalue weighted by Crippen LogP contribution is -2.34. The number of rotatable bonds is 5. The second-order valence-corrected chi connectivity index (χ2v) is 6.42. The van der Waals surface area contributed by atoms with Crippen molar-refractivity contribution in [1.29, 1.82) is 0 Å². The molecule has 1 aromatic rings. The third kappa shape index (κ3) is 3.67. The molecule has 1 fully saturated rings. The lowest BCUT2D eigenvalue weighted by molar-refractivity contribution is 0.427. The maximum Gasteiger partial charge on any atom is 0.0459 e. The molecule has 3 heteroatoms. The Morgan fingerprint density at radius 3 is 2.65 bits per heavy atom. The van der Waals surface area contributed by atoms with Gasteiger partial charge in [-0.05, 0) is 43.4 Å². The molecule has 1 saturated carbocycles. The van der Waals surface area contributed by atoms with Crippen molar-refractivity contribution in [3.8, 4) is 0 Å². The van der Waals surface area contributed by atoms with Gasteiger partial charge in [-0.25, -0.2) is 0 Å². The van der Waals surface area contributed by atoms with E-state index in [2.05, 4.69) is 31.0 Å². The topological polar surface area (TPSA) is 29.3 Å². The van der Waals surface area contributed by atoms with Gasteiger partial charge < -0.3 is 10.6 Å². The van der Waals surface area contributed by atoms with E-state index in [1.54, 1.807) is 0 Å². The number of nitrogens with two attached hydrogens (primary N) is 1. The lowest BCUT2D eigenvalue weighted by atomic mass is 9.93. The van der Waals surface area contributed by atoms with Crippen molar-refractivity contribution in [2.75, 3.05) is 11.9 Å². The van der Waals surface area contributed by atoms with E-state index in [4.69, 9.17) is 17.3 Å². The predicted octanol–water partition coefficient (Wildman–Crippen LogP) is 4.39. The van der Waals surface area contributed by atoms with Crippen molar-refractivity contribution < 1.29 is 0 Å². The summed E-state index contributed by atoms with van der Waals surface area (Å²) in [5.74, 6) is 0. The fourth-order valence-corrected chi connectivity index (χ4v) is 3.40. The van der Waals surface area contributed by atoms with Crippen LogP contribution in [0.25, 0.3) is 0 Å². The number of hydrogen-bond acceptors (Lipinski definition) is 2. The molecule has 0 aromatic heterocycles. The van der Waals surface area contributed by atoms with Crippen LogP contribution in [0.2, 0.25) is 5.02 Å². The second-order valence-electron chi connectivity index (χ2n) is 6.01. The zero-order valence-electron chi connectivity index (χ0n) is 12.7. The first-order valence-electron chi connectivity index (χ1n) is 7.89.